The number of ether oxygens (including phenoxy) is 2. The maximum atomic E-state index is 15.0. The van der Waals surface area contributed by atoms with E-state index in [0.29, 0.717) is 29.5 Å². The van der Waals surface area contributed by atoms with Crippen molar-refractivity contribution < 1.29 is 67.6 Å². The van der Waals surface area contributed by atoms with Crippen molar-refractivity contribution in [1.29, 1.82) is 0 Å². The Bertz CT molecular complexity index is 2640. The van der Waals surface area contributed by atoms with Gasteiger partial charge in [0.15, 0.2) is 0 Å². The summed E-state index contributed by atoms with van der Waals surface area (Å²) in [6.07, 6.45) is -3.56. The van der Waals surface area contributed by atoms with Gasteiger partial charge in [0.2, 0.25) is 47.3 Å². The highest BCUT2D eigenvalue weighted by Gasteiger charge is 2.47. The minimum absolute atomic E-state index is 0.00677. The standard InChI is InChI=1S/C58H78N8O14/c1-9-17-45(68)59-42(30-36-18-13-11-14-19-36)52(72)60-40(27-29-47(70)79-8)51(71)64-49-35(6)80-58(78)48(34(5)10-2)63-54(74)44(32-37-20-15-12-16-21-37)65(7)57(77)50(33(3)4)66-46(69)28-26-41(56(66)76)61-53(73)43(62-55(49)75)31-38-22-24-39(67)25-23-38/h11-16,18-25,33-35,40-44,46,48-50,67,69H,9-10,17,26-32H2,1-8H3,(H,59,68)(H,60,72)(H,61,73)(H,62,75)(H,63,74)(H,64,71)/t34-,35+,40-,41-,42-,43-,44-,46+,48-,49-,50-/m0/s1. The van der Waals surface area contributed by atoms with E-state index < -0.39 is 138 Å². The van der Waals surface area contributed by atoms with Gasteiger partial charge in [0.1, 0.15) is 66.4 Å². The van der Waals surface area contributed by atoms with E-state index in [9.17, 15) is 53.4 Å². The fraction of sp³-hybridized carbons (Fsp3) is 0.517. The first-order chi connectivity index (χ1) is 38.1. The normalized spacial score (nSPS) is 23.6. The maximum absolute atomic E-state index is 15.0. The van der Waals surface area contributed by atoms with Gasteiger partial charge >= 0.3 is 11.9 Å². The number of nitrogens with one attached hydrogen (secondary N) is 6. The molecule has 8 N–H and O–H groups in total. The van der Waals surface area contributed by atoms with E-state index in [4.69, 9.17) is 9.47 Å². The fourth-order valence-electron chi connectivity index (χ4n) is 9.65. The van der Waals surface area contributed by atoms with Crippen molar-refractivity contribution in [2.45, 2.75) is 166 Å². The molecule has 0 saturated carbocycles. The van der Waals surface area contributed by atoms with Crippen LogP contribution in [0.25, 0.3) is 0 Å². The first-order valence-corrected chi connectivity index (χ1v) is 27.3. The molecule has 2 heterocycles. The molecule has 8 amide bonds. The Balaban J connectivity index is 1.63. The minimum Gasteiger partial charge on any atom is -0.508 e. The lowest BCUT2D eigenvalue weighted by Crippen LogP contribution is -2.66. The third-order valence-corrected chi connectivity index (χ3v) is 14.5. The van der Waals surface area contributed by atoms with Crippen LogP contribution in [-0.4, -0.2) is 154 Å². The zero-order chi connectivity index (χ0) is 58.8. The molecule has 3 aromatic rings. The molecule has 22 heteroatoms. The predicted octanol–water partition coefficient (Wildman–Crippen LogP) is 1.87. The summed E-state index contributed by atoms with van der Waals surface area (Å²) < 4.78 is 10.9. The largest absolute Gasteiger partial charge is 0.508 e. The first kappa shape index (κ1) is 63.0. The number of esters is 2. The van der Waals surface area contributed by atoms with Gasteiger partial charge in [0, 0.05) is 39.2 Å². The monoisotopic (exact) mass is 1110 g/mol. The van der Waals surface area contributed by atoms with E-state index >= 15 is 4.79 Å². The van der Waals surface area contributed by atoms with Crippen molar-refractivity contribution in [2.75, 3.05) is 14.2 Å². The Hall–Kier alpha value is -7.88. The number of benzene rings is 3. The van der Waals surface area contributed by atoms with E-state index in [-0.39, 0.29) is 50.7 Å². The van der Waals surface area contributed by atoms with Crippen LogP contribution in [0.1, 0.15) is 103 Å². The molecule has 3 aromatic carbocycles. The quantitative estimate of drug-likeness (QED) is 0.0796. The Labute approximate surface area is 466 Å². The number of aliphatic hydroxyl groups is 1. The van der Waals surface area contributed by atoms with Crippen molar-refractivity contribution in [1.82, 2.24) is 41.7 Å². The van der Waals surface area contributed by atoms with Crippen LogP contribution in [0, 0.1) is 11.8 Å². The average molecular weight is 1110 g/mol. The second-order valence-electron chi connectivity index (χ2n) is 20.9. The van der Waals surface area contributed by atoms with Gasteiger partial charge in [-0.25, -0.2) is 4.79 Å². The zero-order valence-corrected chi connectivity index (χ0v) is 46.8. The van der Waals surface area contributed by atoms with Gasteiger partial charge in [0.25, 0.3) is 0 Å². The highest BCUT2D eigenvalue weighted by Crippen LogP contribution is 2.27. The number of hydrogen-bond donors (Lipinski definition) is 8. The van der Waals surface area contributed by atoms with Crippen LogP contribution in [0.3, 0.4) is 0 Å². The summed E-state index contributed by atoms with van der Waals surface area (Å²) in [4.78, 5) is 146. The molecule has 0 radical (unpaired) electrons. The topological polar surface area (TPSA) is 308 Å². The van der Waals surface area contributed by atoms with Crippen LogP contribution in [0.4, 0.5) is 0 Å². The number of aliphatic hydroxyl groups excluding tert-OH is 1. The lowest BCUT2D eigenvalue weighted by molar-refractivity contribution is -0.167. The number of aromatic hydroxyl groups is 1. The predicted molar refractivity (Wildman–Crippen MR) is 292 cm³/mol. The molecule has 80 heavy (non-hydrogen) atoms. The number of carbonyl (C=O) groups excluding carboxylic acids is 10. The Morgan fingerprint density at radius 2 is 1.36 bits per heavy atom. The SMILES string of the molecule is CCCC(=O)N[C@@H](Cc1ccccc1)C(=O)N[C@@H](CCC(=O)OC)C(=O)N[C@@H]1C(=O)N[C@@H](Cc2ccc(O)cc2)C(=O)N[C@H]2CC[C@@H](O)N(C2=O)[C@@H](C(C)C)C(=O)N(C)[C@@H](Cc2ccccc2)C(=O)N[C@@H]([C@@H](C)CC)C(=O)O[C@@H]1C. The number of fused-ring (bicyclic) bond motifs is 2. The summed E-state index contributed by atoms with van der Waals surface area (Å²) in [7, 11) is 2.52. The number of amides is 8. The molecule has 2 bridgehead atoms. The lowest BCUT2D eigenvalue weighted by atomic mass is 9.93. The van der Waals surface area contributed by atoms with E-state index in [1.807, 2.05) is 0 Å². The number of hydrogen-bond acceptors (Lipinski definition) is 14. The summed E-state index contributed by atoms with van der Waals surface area (Å²) >= 11 is 0. The molecule has 0 unspecified atom stereocenters. The summed E-state index contributed by atoms with van der Waals surface area (Å²) in [5.41, 5.74) is 1.73. The third-order valence-electron chi connectivity index (χ3n) is 14.5. The zero-order valence-electron chi connectivity index (χ0n) is 46.8. The molecular weight excluding hydrogens is 1030 g/mol. The number of phenols is 1. The van der Waals surface area contributed by atoms with E-state index in [1.165, 1.54) is 43.1 Å². The van der Waals surface area contributed by atoms with Crippen LogP contribution in [-0.2, 0) is 76.7 Å². The van der Waals surface area contributed by atoms with Crippen LogP contribution < -0.4 is 31.9 Å². The average Bonchev–Trinajstić information content (AvgIpc) is 3.54. The molecule has 5 rings (SSSR count). The Morgan fingerprint density at radius 1 is 0.738 bits per heavy atom. The van der Waals surface area contributed by atoms with Gasteiger partial charge in [-0.2, -0.15) is 0 Å². The summed E-state index contributed by atoms with van der Waals surface area (Å²) in [6.45, 7) is 9.84. The molecule has 2 aliphatic rings. The Kier molecular flexibility index (Phi) is 23.5. The van der Waals surface area contributed by atoms with Crippen molar-refractivity contribution in [3.8, 4) is 5.75 Å². The molecule has 11 atom stereocenters. The smallest absolute Gasteiger partial charge is 0.329 e. The molecule has 2 saturated heterocycles. The molecule has 434 valence electrons. The van der Waals surface area contributed by atoms with Crippen LogP contribution >= 0.6 is 0 Å². The van der Waals surface area contributed by atoms with E-state index in [0.717, 1.165) is 12.0 Å². The maximum Gasteiger partial charge on any atom is 0.329 e. The number of nitrogens with zero attached hydrogens (tertiary/aromatic N) is 2. The number of carbonyl (C=O) groups is 10. The second kappa shape index (κ2) is 29.9. The van der Waals surface area contributed by atoms with Gasteiger partial charge in [-0.15, -0.1) is 0 Å². The number of phenolic OH excluding ortho intramolecular Hbond substituents is 1. The van der Waals surface area contributed by atoms with Crippen LogP contribution in [0.5, 0.6) is 5.75 Å². The molecule has 22 nitrogen and oxygen atoms in total. The number of rotatable bonds is 19. The van der Waals surface area contributed by atoms with Crippen molar-refractivity contribution in [3.05, 3.63) is 102 Å². The molecule has 2 fully saturated rings. The minimum atomic E-state index is -1.90. The fourth-order valence-corrected chi connectivity index (χ4v) is 9.65. The van der Waals surface area contributed by atoms with Crippen molar-refractivity contribution in [2.24, 2.45) is 11.8 Å². The Morgan fingerprint density at radius 3 is 1.96 bits per heavy atom. The number of methoxy groups -OCH3 is 1. The van der Waals surface area contributed by atoms with Gasteiger partial charge in [-0.05, 0) is 73.3 Å². The lowest BCUT2D eigenvalue weighted by Gasteiger charge is -2.44. The van der Waals surface area contributed by atoms with Gasteiger partial charge in [-0.3, -0.25) is 43.2 Å². The molecule has 0 aromatic heterocycles. The van der Waals surface area contributed by atoms with E-state index in [2.05, 4.69) is 31.9 Å². The first-order valence-electron chi connectivity index (χ1n) is 27.3. The summed E-state index contributed by atoms with van der Waals surface area (Å²) in [5, 5.41) is 37.7. The van der Waals surface area contributed by atoms with Gasteiger partial charge in [-0.1, -0.05) is 114 Å². The summed E-state index contributed by atoms with van der Waals surface area (Å²) in [5.74, 6) is -9.84. The molecule has 0 aliphatic carbocycles. The highest BCUT2D eigenvalue weighted by atomic mass is 16.5. The highest BCUT2D eigenvalue weighted by molar-refractivity contribution is 5.99. The van der Waals surface area contributed by atoms with Crippen LogP contribution in [0.2, 0.25) is 0 Å². The number of piperidine rings is 1. The third kappa shape index (κ3) is 17.3. The van der Waals surface area contributed by atoms with Gasteiger partial charge in [0.05, 0.1) is 7.11 Å². The van der Waals surface area contributed by atoms with Crippen molar-refractivity contribution >= 4 is 59.2 Å². The van der Waals surface area contributed by atoms with Crippen LogP contribution in [0.15, 0.2) is 84.9 Å². The second-order valence-corrected chi connectivity index (χ2v) is 20.9. The molecule has 2 aliphatic heterocycles. The molecule has 0 spiro atoms. The number of likely N-dealkylation sites (N-methyl/N-ethyl adjacent to an activating group) is 1. The van der Waals surface area contributed by atoms with E-state index in [1.54, 1.807) is 95.3 Å². The summed E-state index contributed by atoms with van der Waals surface area (Å²) in [6, 6.07) is 11.5. The van der Waals surface area contributed by atoms with Gasteiger partial charge < -0.3 is 61.4 Å². The molecular formula is C58H78N8O14. The number of cyclic esters (lactones) is 1. The van der Waals surface area contributed by atoms with Crippen molar-refractivity contribution in [3.63, 3.8) is 0 Å².